The minimum Gasteiger partial charge on any atom is -0.497 e. The summed E-state index contributed by atoms with van der Waals surface area (Å²) in [6, 6.07) is 19.4. The zero-order valence-corrected chi connectivity index (χ0v) is 14.4. The SMILES string of the molecule is COc1ccc2c(c1)O/C(=C\c1ccc[n+](Cc3ccccc3)c1)C2=O. The standard InChI is InChI=1S/C22H18NO3/c1-25-18-9-10-19-20(13-18)26-21(22(19)24)12-17-8-5-11-23(15-17)14-16-6-3-2-4-7-16/h2-13,15H,14H2,1H3/q+1/b21-12-. The van der Waals surface area contributed by atoms with Crippen molar-refractivity contribution in [1.29, 1.82) is 0 Å². The van der Waals surface area contributed by atoms with Crippen LogP contribution in [0.2, 0.25) is 0 Å². The first kappa shape index (κ1) is 16.1. The van der Waals surface area contributed by atoms with Crippen molar-refractivity contribution in [3.05, 3.63) is 95.5 Å². The predicted molar refractivity (Wildman–Crippen MR) is 98.1 cm³/mol. The average Bonchev–Trinajstić information content (AvgIpc) is 2.98. The van der Waals surface area contributed by atoms with Crippen molar-refractivity contribution in [3.8, 4) is 11.5 Å². The van der Waals surface area contributed by atoms with Crippen LogP contribution >= 0.6 is 0 Å². The Kier molecular flexibility index (Phi) is 4.23. The van der Waals surface area contributed by atoms with E-state index in [1.807, 2.05) is 42.7 Å². The van der Waals surface area contributed by atoms with Crippen LogP contribution in [0.3, 0.4) is 0 Å². The first-order valence-electron chi connectivity index (χ1n) is 8.38. The molecule has 0 aliphatic carbocycles. The van der Waals surface area contributed by atoms with Crippen LogP contribution in [0.1, 0.15) is 21.5 Å². The van der Waals surface area contributed by atoms with Gasteiger partial charge in [0.25, 0.3) is 0 Å². The van der Waals surface area contributed by atoms with Gasteiger partial charge in [-0.3, -0.25) is 4.79 Å². The van der Waals surface area contributed by atoms with E-state index in [2.05, 4.69) is 16.7 Å². The number of hydrogen-bond acceptors (Lipinski definition) is 3. The fraction of sp³-hybridized carbons (Fsp3) is 0.0909. The van der Waals surface area contributed by atoms with Gasteiger partial charge in [0.1, 0.15) is 11.5 Å². The van der Waals surface area contributed by atoms with Crippen molar-refractivity contribution in [2.75, 3.05) is 7.11 Å². The number of aromatic nitrogens is 1. The number of ether oxygens (including phenoxy) is 2. The summed E-state index contributed by atoms with van der Waals surface area (Å²) >= 11 is 0. The second kappa shape index (κ2) is 6.84. The fourth-order valence-corrected chi connectivity index (χ4v) is 2.97. The summed E-state index contributed by atoms with van der Waals surface area (Å²) in [5.74, 6) is 1.42. The molecule has 0 fully saturated rings. The zero-order chi connectivity index (χ0) is 17.9. The number of fused-ring (bicyclic) bond motifs is 1. The lowest BCUT2D eigenvalue weighted by Gasteiger charge is -2.01. The van der Waals surface area contributed by atoms with Gasteiger partial charge in [0.05, 0.1) is 12.7 Å². The number of methoxy groups -OCH3 is 1. The highest BCUT2D eigenvalue weighted by Gasteiger charge is 2.27. The van der Waals surface area contributed by atoms with Crippen molar-refractivity contribution in [1.82, 2.24) is 0 Å². The van der Waals surface area contributed by atoms with Crippen LogP contribution in [0.25, 0.3) is 6.08 Å². The number of pyridine rings is 1. The van der Waals surface area contributed by atoms with Crippen LogP contribution in [0, 0.1) is 0 Å². The Bertz CT molecular complexity index is 993. The zero-order valence-electron chi connectivity index (χ0n) is 14.4. The Labute approximate surface area is 151 Å². The smallest absolute Gasteiger partial charge is 0.231 e. The molecular formula is C22H18NO3+. The van der Waals surface area contributed by atoms with Crippen molar-refractivity contribution < 1.29 is 18.8 Å². The Morgan fingerprint density at radius 2 is 1.92 bits per heavy atom. The summed E-state index contributed by atoms with van der Waals surface area (Å²) in [5.41, 5.74) is 2.69. The summed E-state index contributed by atoms with van der Waals surface area (Å²) in [6.45, 7) is 0.768. The highest BCUT2D eigenvalue weighted by Crippen LogP contribution is 2.34. The molecule has 0 saturated heterocycles. The van der Waals surface area contributed by atoms with Gasteiger partial charge in [-0.1, -0.05) is 30.3 Å². The van der Waals surface area contributed by atoms with Gasteiger partial charge in [0.2, 0.25) is 5.78 Å². The number of carbonyl (C=O) groups is 1. The molecule has 0 atom stereocenters. The topological polar surface area (TPSA) is 39.4 Å². The molecule has 1 aromatic heterocycles. The van der Waals surface area contributed by atoms with E-state index in [0.717, 1.165) is 12.1 Å². The van der Waals surface area contributed by atoms with Gasteiger partial charge >= 0.3 is 0 Å². The molecule has 0 amide bonds. The maximum absolute atomic E-state index is 12.5. The van der Waals surface area contributed by atoms with Gasteiger partial charge in [-0.15, -0.1) is 0 Å². The third kappa shape index (κ3) is 3.22. The summed E-state index contributed by atoms with van der Waals surface area (Å²) in [4.78, 5) is 12.5. The minimum absolute atomic E-state index is 0.110. The van der Waals surface area contributed by atoms with E-state index in [-0.39, 0.29) is 5.78 Å². The molecule has 0 radical (unpaired) electrons. The minimum atomic E-state index is -0.110. The molecule has 2 aromatic carbocycles. The van der Waals surface area contributed by atoms with Gasteiger partial charge in [0, 0.05) is 23.3 Å². The van der Waals surface area contributed by atoms with Crippen LogP contribution < -0.4 is 14.0 Å². The second-order valence-electron chi connectivity index (χ2n) is 6.10. The van der Waals surface area contributed by atoms with Gasteiger partial charge in [-0.25, -0.2) is 4.57 Å². The Morgan fingerprint density at radius 3 is 2.73 bits per heavy atom. The van der Waals surface area contributed by atoms with E-state index >= 15 is 0 Å². The molecule has 3 aromatic rings. The number of carbonyl (C=O) groups excluding carboxylic acids is 1. The van der Waals surface area contributed by atoms with E-state index < -0.39 is 0 Å². The molecular weight excluding hydrogens is 326 g/mol. The van der Waals surface area contributed by atoms with Crippen molar-refractivity contribution in [3.63, 3.8) is 0 Å². The molecule has 1 aliphatic rings. The summed E-state index contributed by atoms with van der Waals surface area (Å²) in [6.07, 6.45) is 5.78. The number of allylic oxidation sites excluding steroid dienone is 1. The normalized spacial score (nSPS) is 14.2. The van der Waals surface area contributed by atoms with Crippen molar-refractivity contribution in [2.45, 2.75) is 6.54 Å². The number of hydrogen-bond donors (Lipinski definition) is 0. The number of Topliss-reactive ketones (excluding diaryl/α,β-unsaturated/α-hetero) is 1. The molecule has 0 saturated carbocycles. The van der Waals surface area contributed by atoms with E-state index in [4.69, 9.17) is 9.47 Å². The summed E-state index contributed by atoms with van der Waals surface area (Å²) < 4.78 is 13.0. The second-order valence-corrected chi connectivity index (χ2v) is 6.10. The Morgan fingerprint density at radius 1 is 1.08 bits per heavy atom. The third-order valence-electron chi connectivity index (χ3n) is 4.26. The molecule has 0 bridgehead atoms. The van der Waals surface area contributed by atoms with Gasteiger partial charge < -0.3 is 9.47 Å². The third-order valence-corrected chi connectivity index (χ3v) is 4.26. The molecule has 0 spiro atoms. The number of rotatable bonds is 4. The van der Waals surface area contributed by atoms with Crippen LogP contribution in [0.15, 0.2) is 78.8 Å². The van der Waals surface area contributed by atoms with E-state index in [0.29, 0.717) is 22.8 Å². The largest absolute Gasteiger partial charge is 0.497 e. The van der Waals surface area contributed by atoms with Gasteiger partial charge in [-0.2, -0.15) is 0 Å². The summed E-state index contributed by atoms with van der Waals surface area (Å²) in [5, 5.41) is 0. The van der Waals surface area contributed by atoms with Crippen LogP contribution in [0.4, 0.5) is 0 Å². The number of nitrogens with zero attached hydrogens (tertiary/aromatic N) is 1. The molecule has 0 N–H and O–H groups in total. The first-order chi connectivity index (χ1) is 12.7. The lowest BCUT2D eigenvalue weighted by Crippen LogP contribution is -2.33. The molecule has 4 nitrogen and oxygen atoms in total. The van der Waals surface area contributed by atoms with Gasteiger partial charge in [-0.05, 0) is 24.3 Å². The van der Waals surface area contributed by atoms with E-state index in [1.54, 1.807) is 31.4 Å². The maximum atomic E-state index is 12.5. The first-order valence-corrected chi connectivity index (χ1v) is 8.38. The van der Waals surface area contributed by atoms with Crippen molar-refractivity contribution in [2.24, 2.45) is 0 Å². The molecule has 4 rings (SSSR count). The van der Waals surface area contributed by atoms with Gasteiger partial charge in [0.15, 0.2) is 24.7 Å². The lowest BCUT2D eigenvalue weighted by atomic mass is 10.1. The average molecular weight is 344 g/mol. The quantitative estimate of drug-likeness (QED) is 0.536. The molecule has 128 valence electrons. The highest BCUT2D eigenvalue weighted by atomic mass is 16.5. The maximum Gasteiger partial charge on any atom is 0.231 e. The number of ketones is 1. The van der Waals surface area contributed by atoms with Crippen LogP contribution in [-0.4, -0.2) is 12.9 Å². The molecule has 2 heterocycles. The monoisotopic (exact) mass is 344 g/mol. The predicted octanol–water partition coefficient (Wildman–Crippen LogP) is 3.65. The fourth-order valence-electron chi connectivity index (χ4n) is 2.97. The molecule has 26 heavy (non-hydrogen) atoms. The van der Waals surface area contributed by atoms with Crippen LogP contribution in [-0.2, 0) is 6.54 Å². The Hall–Kier alpha value is -3.40. The molecule has 4 heteroatoms. The van der Waals surface area contributed by atoms with Crippen LogP contribution in [0.5, 0.6) is 11.5 Å². The van der Waals surface area contributed by atoms with E-state index in [1.165, 1.54) is 5.56 Å². The highest BCUT2D eigenvalue weighted by molar-refractivity contribution is 6.14. The molecule has 1 aliphatic heterocycles. The van der Waals surface area contributed by atoms with Crippen molar-refractivity contribution >= 4 is 11.9 Å². The lowest BCUT2D eigenvalue weighted by molar-refractivity contribution is -0.688. The summed E-state index contributed by atoms with van der Waals surface area (Å²) in [7, 11) is 1.59. The number of benzene rings is 2. The van der Waals surface area contributed by atoms with E-state index in [9.17, 15) is 4.79 Å². The Balaban J connectivity index is 1.59. The molecule has 0 unspecified atom stereocenters.